The molecule has 0 saturated carbocycles. The number of morpholine rings is 1. The summed E-state index contributed by atoms with van der Waals surface area (Å²) in [5.74, 6) is -0.0495. The average Bonchev–Trinajstić information content (AvgIpc) is 3.19. The molecule has 8 heteroatoms. The number of hydrogen-bond donors (Lipinski definition) is 1. The van der Waals surface area contributed by atoms with Gasteiger partial charge in [0.25, 0.3) is 0 Å². The van der Waals surface area contributed by atoms with Crippen molar-refractivity contribution < 1.29 is 17.9 Å². The second-order valence-corrected chi connectivity index (χ2v) is 8.94. The van der Waals surface area contributed by atoms with Crippen LogP contribution in [0.25, 0.3) is 0 Å². The molecule has 1 N–H and O–H groups in total. The SMILES string of the molecule is O=C(CNCCc1cccs1)c1ccc(S(=O)(=O)N2CCOCC2)cc1. The van der Waals surface area contributed by atoms with Crippen LogP contribution in [0.15, 0.2) is 46.7 Å². The van der Waals surface area contributed by atoms with Crippen molar-refractivity contribution in [1.29, 1.82) is 0 Å². The summed E-state index contributed by atoms with van der Waals surface area (Å²) >= 11 is 1.70. The largest absolute Gasteiger partial charge is 0.379 e. The molecule has 1 aliphatic rings. The molecule has 0 unspecified atom stereocenters. The van der Waals surface area contributed by atoms with Gasteiger partial charge in [0.05, 0.1) is 24.7 Å². The van der Waals surface area contributed by atoms with Gasteiger partial charge in [-0.3, -0.25) is 4.79 Å². The van der Waals surface area contributed by atoms with Gasteiger partial charge in [0.1, 0.15) is 0 Å². The minimum absolute atomic E-state index is 0.0495. The van der Waals surface area contributed by atoms with Crippen LogP contribution in [-0.4, -0.2) is 57.9 Å². The number of carbonyl (C=O) groups is 1. The van der Waals surface area contributed by atoms with E-state index in [1.165, 1.54) is 21.3 Å². The standard InChI is InChI=1S/C18H22N2O4S2/c21-18(14-19-8-7-16-2-1-13-25-16)15-3-5-17(6-4-15)26(22,23)20-9-11-24-12-10-20/h1-6,13,19H,7-12,14H2. The predicted molar refractivity (Wildman–Crippen MR) is 101 cm³/mol. The fourth-order valence-corrected chi connectivity index (χ4v) is 4.84. The topological polar surface area (TPSA) is 75.7 Å². The van der Waals surface area contributed by atoms with Crippen LogP contribution < -0.4 is 5.32 Å². The van der Waals surface area contributed by atoms with Crippen LogP contribution >= 0.6 is 11.3 Å². The molecule has 0 aliphatic carbocycles. The van der Waals surface area contributed by atoms with Gasteiger partial charge in [-0.05, 0) is 30.0 Å². The first-order valence-electron chi connectivity index (χ1n) is 8.51. The molecule has 3 rings (SSSR count). The fourth-order valence-electron chi connectivity index (χ4n) is 2.72. The quantitative estimate of drug-likeness (QED) is 0.546. The van der Waals surface area contributed by atoms with Gasteiger partial charge in [-0.1, -0.05) is 18.2 Å². The fraction of sp³-hybridized carbons (Fsp3) is 0.389. The van der Waals surface area contributed by atoms with E-state index in [-0.39, 0.29) is 17.2 Å². The van der Waals surface area contributed by atoms with Gasteiger partial charge in [0.2, 0.25) is 10.0 Å². The van der Waals surface area contributed by atoms with Crippen LogP contribution in [0.4, 0.5) is 0 Å². The van der Waals surface area contributed by atoms with E-state index in [2.05, 4.69) is 11.4 Å². The van der Waals surface area contributed by atoms with Crippen LogP contribution in [-0.2, 0) is 21.2 Å². The molecule has 2 aromatic rings. The lowest BCUT2D eigenvalue weighted by Gasteiger charge is -2.26. The summed E-state index contributed by atoms with van der Waals surface area (Å²) in [6.07, 6.45) is 0.891. The van der Waals surface area contributed by atoms with Crippen molar-refractivity contribution in [2.24, 2.45) is 0 Å². The normalized spacial score (nSPS) is 15.8. The summed E-state index contributed by atoms with van der Waals surface area (Å²) < 4.78 is 31.7. The Bertz CT molecular complexity index is 811. The van der Waals surface area contributed by atoms with Gasteiger partial charge in [0, 0.05) is 30.1 Å². The lowest BCUT2D eigenvalue weighted by molar-refractivity contribution is 0.0730. The number of nitrogens with zero attached hydrogens (tertiary/aromatic N) is 1. The zero-order chi connectivity index (χ0) is 18.4. The summed E-state index contributed by atoms with van der Waals surface area (Å²) in [7, 11) is -3.52. The average molecular weight is 395 g/mol. The number of sulfonamides is 1. The first-order chi connectivity index (χ1) is 12.6. The predicted octanol–water partition coefficient (Wildman–Crippen LogP) is 1.78. The molecule has 0 radical (unpaired) electrons. The summed E-state index contributed by atoms with van der Waals surface area (Å²) in [4.78, 5) is 13.7. The van der Waals surface area contributed by atoms with E-state index in [0.717, 1.165) is 13.0 Å². The lowest BCUT2D eigenvalue weighted by Crippen LogP contribution is -2.40. The molecule has 2 heterocycles. The van der Waals surface area contributed by atoms with Crippen molar-refractivity contribution in [3.63, 3.8) is 0 Å². The van der Waals surface area contributed by atoms with Crippen LogP contribution in [0.5, 0.6) is 0 Å². The second-order valence-electron chi connectivity index (χ2n) is 5.97. The lowest BCUT2D eigenvalue weighted by atomic mass is 10.1. The first-order valence-corrected chi connectivity index (χ1v) is 10.8. The number of ether oxygens (including phenoxy) is 1. The minimum Gasteiger partial charge on any atom is -0.379 e. The number of rotatable bonds is 8. The van der Waals surface area contributed by atoms with Crippen molar-refractivity contribution in [1.82, 2.24) is 9.62 Å². The Morgan fingerprint density at radius 1 is 1.15 bits per heavy atom. The molecular weight excluding hydrogens is 372 g/mol. The summed E-state index contributed by atoms with van der Waals surface area (Å²) in [6.45, 7) is 2.50. The molecule has 1 saturated heterocycles. The Kier molecular flexibility index (Phi) is 6.55. The summed E-state index contributed by atoms with van der Waals surface area (Å²) in [5.41, 5.74) is 0.509. The molecule has 1 aromatic carbocycles. The Hall–Kier alpha value is -1.58. The van der Waals surface area contributed by atoms with E-state index >= 15 is 0 Å². The number of ketones is 1. The maximum Gasteiger partial charge on any atom is 0.243 e. The van der Waals surface area contributed by atoms with Crippen LogP contribution in [0.1, 0.15) is 15.2 Å². The molecule has 26 heavy (non-hydrogen) atoms. The molecule has 0 spiro atoms. The molecule has 0 bridgehead atoms. The van der Waals surface area contributed by atoms with Crippen molar-refractivity contribution in [3.8, 4) is 0 Å². The monoisotopic (exact) mass is 394 g/mol. The van der Waals surface area contributed by atoms with Crippen molar-refractivity contribution in [3.05, 3.63) is 52.2 Å². The van der Waals surface area contributed by atoms with Crippen molar-refractivity contribution >= 4 is 27.1 Å². The molecule has 1 aliphatic heterocycles. The van der Waals surface area contributed by atoms with Gasteiger partial charge in [-0.25, -0.2) is 8.42 Å². The van der Waals surface area contributed by atoms with Crippen molar-refractivity contribution in [2.75, 3.05) is 39.4 Å². The zero-order valence-electron chi connectivity index (χ0n) is 14.4. The molecule has 1 fully saturated rings. The van der Waals surface area contributed by atoms with E-state index in [1.54, 1.807) is 23.5 Å². The third kappa shape index (κ3) is 4.77. The van der Waals surface area contributed by atoms with Crippen LogP contribution in [0.3, 0.4) is 0 Å². The summed E-state index contributed by atoms with van der Waals surface area (Å²) in [5, 5.41) is 5.17. The van der Waals surface area contributed by atoms with E-state index in [0.29, 0.717) is 31.9 Å². The highest BCUT2D eigenvalue weighted by molar-refractivity contribution is 7.89. The Morgan fingerprint density at radius 2 is 1.88 bits per heavy atom. The Balaban J connectivity index is 1.53. The molecule has 1 aromatic heterocycles. The maximum atomic E-state index is 12.6. The number of Topliss-reactive ketones (excluding diaryl/α,β-unsaturated/α-hetero) is 1. The number of hydrogen-bond acceptors (Lipinski definition) is 6. The van der Waals surface area contributed by atoms with Crippen molar-refractivity contribution in [2.45, 2.75) is 11.3 Å². The van der Waals surface area contributed by atoms with Gasteiger partial charge < -0.3 is 10.1 Å². The van der Waals surface area contributed by atoms with E-state index in [4.69, 9.17) is 4.74 Å². The zero-order valence-corrected chi connectivity index (χ0v) is 16.0. The number of thiophene rings is 1. The Labute approximate surface area is 157 Å². The highest BCUT2D eigenvalue weighted by Gasteiger charge is 2.26. The van der Waals surface area contributed by atoms with Crippen LogP contribution in [0.2, 0.25) is 0 Å². The summed E-state index contributed by atoms with van der Waals surface area (Å²) in [6, 6.07) is 10.3. The van der Waals surface area contributed by atoms with E-state index < -0.39 is 10.0 Å². The molecular formula is C18H22N2O4S2. The van der Waals surface area contributed by atoms with Gasteiger partial charge >= 0.3 is 0 Å². The number of benzene rings is 1. The highest BCUT2D eigenvalue weighted by Crippen LogP contribution is 2.18. The third-order valence-electron chi connectivity index (χ3n) is 4.20. The minimum atomic E-state index is -3.52. The molecule has 6 nitrogen and oxygen atoms in total. The number of carbonyl (C=O) groups excluding carboxylic acids is 1. The second kappa shape index (κ2) is 8.88. The Morgan fingerprint density at radius 3 is 2.54 bits per heavy atom. The van der Waals surface area contributed by atoms with Gasteiger partial charge in [0.15, 0.2) is 5.78 Å². The van der Waals surface area contributed by atoms with E-state index in [1.807, 2.05) is 11.4 Å². The van der Waals surface area contributed by atoms with Gasteiger partial charge in [-0.2, -0.15) is 4.31 Å². The molecule has 140 valence electrons. The first kappa shape index (κ1) is 19.2. The highest BCUT2D eigenvalue weighted by atomic mass is 32.2. The number of nitrogens with one attached hydrogen (secondary N) is 1. The van der Waals surface area contributed by atoms with E-state index in [9.17, 15) is 13.2 Å². The smallest absolute Gasteiger partial charge is 0.243 e. The third-order valence-corrected chi connectivity index (χ3v) is 7.05. The molecule has 0 atom stereocenters. The molecule has 0 amide bonds. The van der Waals surface area contributed by atoms with Crippen LogP contribution in [0, 0.1) is 0 Å². The van der Waals surface area contributed by atoms with Gasteiger partial charge in [-0.15, -0.1) is 11.3 Å². The maximum absolute atomic E-state index is 12.6.